The Morgan fingerprint density at radius 1 is 0.481 bits per heavy atom. The van der Waals surface area contributed by atoms with Crippen LogP contribution in [0.15, 0.2) is 60.7 Å². The van der Waals surface area contributed by atoms with Gasteiger partial charge in [-0.15, -0.1) is 0 Å². The second kappa shape index (κ2) is 37.1. The Kier molecular flexibility index (Phi) is 34.8. The minimum absolute atomic E-state index is 0. The molecule has 0 bridgehead atoms. The van der Waals surface area contributed by atoms with Gasteiger partial charge in [0.2, 0.25) is 11.8 Å². The van der Waals surface area contributed by atoms with Crippen LogP contribution in [0.3, 0.4) is 0 Å². The van der Waals surface area contributed by atoms with Gasteiger partial charge in [0.05, 0.1) is 19.7 Å². The van der Waals surface area contributed by atoms with Crippen LogP contribution in [0.2, 0.25) is 0 Å². The average Bonchev–Trinajstić information content (AvgIpc) is 3.36. The molecule has 4 aromatic rings. The first kappa shape index (κ1) is 75.9. The number of amides is 2. The fraction of sp³-hybridized carbons (Fsp3) is 0.623. The number of carbonyl (C=O) groups is 2. The van der Waals surface area contributed by atoms with E-state index in [4.69, 9.17) is 4.74 Å². The molecule has 7 N–H and O–H groups in total. The molecule has 0 saturated heterocycles. The molecule has 0 aliphatic rings. The lowest BCUT2D eigenvalue weighted by atomic mass is 9.78. The van der Waals surface area contributed by atoms with E-state index in [2.05, 4.69) is 128 Å². The summed E-state index contributed by atoms with van der Waals surface area (Å²) in [6.45, 7) is 41.5. The quantitative estimate of drug-likeness (QED) is 0.0203. The number of ether oxygens (including phenoxy) is 1. The van der Waals surface area contributed by atoms with Crippen molar-refractivity contribution in [3.05, 3.63) is 105 Å². The Balaban J connectivity index is 0.00000146. The van der Waals surface area contributed by atoms with Gasteiger partial charge in [0.15, 0.2) is 0 Å². The van der Waals surface area contributed by atoms with Crippen LogP contribution >= 0.6 is 0 Å². The van der Waals surface area contributed by atoms with Gasteiger partial charge in [0, 0.05) is 48.4 Å². The molecule has 0 atom stereocenters. The van der Waals surface area contributed by atoms with E-state index in [0.29, 0.717) is 73.9 Å². The maximum Gasteiger partial charge on any atom is 0.224 e. The van der Waals surface area contributed by atoms with Gasteiger partial charge in [-0.25, -0.2) is 0 Å². The molecule has 2 amide bonds. The van der Waals surface area contributed by atoms with Crippen LogP contribution in [0.4, 0.5) is 11.4 Å². The molecular formula is C69H116N4O8. The Bertz CT molecular complexity index is 2370. The standard InChI is InChI=1S/C36H58N2O4.C26H38N2O4.2C3H8.CH4/c1-9-11-12-13-14-15-16-17-22-42-32-20-19-29(25-28(32)26-38(41)10-2)37-33(39)21-18-27-23-30(35(3,4)5)34(40)31(24-27)36(6,7)8;1-8-28(32)16-18-15-19(10-11-22(18)29)27-23(30)12-9-17-13-20(25(2,3)4)24(31)21(14-17)26(5,6)7;2*1-3-2;/h19-20,23-25,40-41H,9-18,21-22,26H2,1-8H3,(H,37,39);10-11,13-15,29,31-32H,8-9,12,16H2,1-7H3,(H,27,30);2*3H2,1-2H3;1H4. The van der Waals surface area contributed by atoms with E-state index in [0.717, 1.165) is 62.6 Å². The number of aryl methyl sites for hydroxylation is 2. The number of nitrogens with one attached hydrogen (secondary N) is 2. The molecule has 0 fully saturated rings. The predicted molar refractivity (Wildman–Crippen MR) is 342 cm³/mol. The maximum absolute atomic E-state index is 13.0. The summed E-state index contributed by atoms with van der Waals surface area (Å²) < 4.78 is 6.11. The molecule has 12 heteroatoms. The van der Waals surface area contributed by atoms with Crippen LogP contribution in [-0.4, -0.2) is 67.4 Å². The molecule has 0 aliphatic carbocycles. The van der Waals surface area contributed by atoms with Crippen molar-refractivity contribution in [2.45, 2.75) is 264 Å². The lowest BCUT2D eigenvalue weighted by Crippen LogP contribution is -2.19. The summed E-state index contributed by atoms with van der Waals surface area (Å²) in [7, 11) is 0. The molecule has 0 saturated carbocycles. The zero-order valence-corrected chi connectivity index (χ0v) is 53.6. The molecule has 4 aromatic carbocycles. The Morgan fingerprint density at radius 2 is 0.815 bits per heavy atom. The van der Waals surface area contributed by atoms with Crippen molar-refractivity contribution in [2.75, 3.05) is 30.3 Å². The number of aromatic hydroxyl groups is 3. The molecular weight excluding hydrogens is 1010 g/mol. The van der Waals surface area contributed by atoms with Crippen molar-refractivity contribution >= 4 is 23.2 Å². The number of nitrogens with zero attached hydrogens (tertiary/aromatic N) is 2. The van der Waals surface area contributed by atoms with Crippen LogP contribution in [0.1, 0.15) is 261 Å². The highest BCUT2D eigenvalue weighted by Crippen LogP contribution is 2.42. The van der Waals surface area contributed by atoms with Gasteiger partial charge in [-0.1, -0.05) is 221 Å². The van der Waals surface area contributed by atoms with E-state index < -0.39 is 0 Å². The summed E-state index contributed by atoms with van der Waals surface area (Å²) in [5.74, 6) is 1.29. The molecule has 0 aliphatic heterocycles. The third kappa shape index (κ3) is 28.6. The Morgan fingerprint density at radius 3 is 1.17 bits per heavy atom. The topological polar surface area (TPSA) is 175 Å². The van der Waals surface area contributed by atoms with Crippen LogP contribution in [0.5, 0.6) is 23.0 Å². The van der Waals surface area contributed by atoms with E-state index in [9.17, 15) is 35.3 Å². The van der Waals surface area contributed by atoms with Crippen molar-refractivity contribution in [3.8, 4) is 23.0 Å². The van der Waals surface area contributed by atoms with Crippen molar-refractivity contribution in [2.24, 2.45) is 0 Å². The summed E-state index contributed by atoms with van der Waals surface area (Å²) in [6.07, 6.45) is 14.2. The van der Waals surface area contributed by atoms with E-state index in [1.807, 2.05) is 56.3 Å². The normalized spacial score (nSPS) is 11.6. The molecule has 460 valence electrons. The summed E-state index contributed by atoms with van der Waals surface area (Å²) in [5, 5.41) is 60.0. The minimum atomic E-state index is -0.218. The van der Waals surface area contributed by atoms with Crippen molar-refractivity contribution < 1.29 is 40.1 Å². The fourth-order valence-corrected chi connectivity index (χ4v) is 8.67. The molecule has 0 unspecified atom stereocenters. The number of unbranched alkanes of at least 4 members (excludes halogenated alkanes) is 7. The van der Waals surface area contributed by atoms with Gasteiger partial charge in [0.1, 0.15) is 23.0 Å². The molecule has 0 heterocycles. The highest BCUT2D eigenvalue weighted by atomic mass is 16.5. The van der Waals surface area contributed by atoms with E-state index >= 15 is 0 Å². The second-order valence-corrected chi connectivity index (χ2v) is 25.5. The van der Waals surface area contributed by atoms with Crippen molar-refractivity contribution in [1.29, 1.82) is 0 Å². The third-order valence-electron chi connectivity index (χ3n) is 13.3. The molecule has 0 aromatic heterocycles. The number of benzene rings is 4. The van der Waals surface area contributed by atoms with E-state index in [1.54, 1.807) is 12.1 Å². The van der Waals surface area contributed by atoms with Crippen LogP contribution in [-0.2, 0) is 57.2 Å². The zero-order valence-electron chi connectivity index (χ0n) is 53.6. The number of rotatable bonds is 24. The maximum atomic E-state index is 13.0. The van der Waals surface area contributed by atoms with E-state index in [1.165, 1.54) is 62.5 Å². The highest BCUT2D eigenvalue weighted by Gasteiger charge is 2.28. The zero-order chi connectivity index (χ0) is 61.0. The first-order valence-corrected chi connectivity index (χ1v) is 30.1. The molecule has 12 nitrogen and oxygen atoms in total. The van der Waals surface area contributed by atoms with Crippen molar-refractivity contribution in [1.82, 2.24) is 10.1 Å². The first-order valence-electron chi connectivity index (χ1n) is 30.1. The van der Waals surface area contributed by atoms with Crippen LogP contribution < -0.4 is 15.4 Å². The SMILES string of the molecule is C.CCC.CCC.CCCCCCCCCCOc1ccc(NC(=O)CCc2cc(C(C)(C)C)c(O)c(C(C)(C)C)c2)cc1CN(O)CC.CCN(O)Cc1cc(NC(=O)CCc2cc(C(C)(C)C)c(O)c(C(C)(C)C)c2)ccc1O. The number of phenolic OH excluding ortho intramolecular Hbond substituents is 3. The van der Waals surface area contributed by atoms with Gasteiger partial charge >= 0.3 is 0 Å². The summed E-state index contributed by atoms with van der Waals surface area (Å²) >= 11 is 0. The summed E-state index contributed by atoms with van der Waals surface area (Å²) in [4.78, 5) is 25.6. The predicted octanol–water partition coefficient (Wildman–Crippen LogP) is 18.2. The third-order valence-corrected chi connectivity index (χ3v) is 13.3. The summed E-state index contributed by atoms with van der Waals surface area (Å²) in [5.41, 5.74) is 7.42. The smallest absolute Gasteiger partial charge is 0.224 e. The number of anilines is 2. The number of carbonyl (C=O) groups excluding carboxylic acids is 2. The molecule has 81 heavy (non-hydrogen) atoms. The summed E-state index contributed by atoms with van der Waals surface area (Å²) in [6, 6.07) is 18.6. The number of hydrogen-bond donors (Lipinski definition) is 7. The monoisotopic (exact) mass is 1130 g/mol. The van der Waals surface area contributed by atoms with Crippen LogP contribution in [0, 0.1) is 0 Å². The number of hydrogen-bond acceptors (Lipinski definition) is 10. The molecule has 0 spiro atoms. The number of hydroxylamine groups is 4. The van der Waals surface area contributed by atoms with Crippen molar-refractivity contribution in [3.63, 3.8) is 0 Å². The Hall–Kier alpha value is -5.14. The van der Waals surface area contributed by atoms with E-state index in [-0.39, 0.29) is 59.6 Å². The lowest BCUT2D eigenvalue weighted by molar-refractivity contribution is -0.117. The second-order valence-electron chi connectivity index (χ2n) is 25.5. The minimum Gasteiger partial charge on any atom is -0.508 e. The Labute approximate surface area is 493 Å². The first-order chi connectivity index (χ1) is 37.3. The van der Waals surface area contributed by atoms with Crippen LogP contribution in [0.25, 0.3) is 0 Å². The lowest BCUT2D eigenvalue weighted by Gasteiger charge is -2.28. The number of phenols is 3. The van der Waals surface area contributed by atoms with Gasteiger partial charge in [-0.05, 0) is 111 Å². The van der Waals surface area contributed by atoms with Gasteiger partial charge in [0.25, 0.3) is 0 Å². The molecule has 4 rings (SSSR count). The highest BCUT2D eigenvalue weighted by molar-refractivity contribution is 5.91. The van der Waals surface area contributed by atoms with Gasteiger partial charge in [-0.3, -0.25) is 9.59 Å². The average molecular weight is 1130 g/mol. The molecule has 0 radical (unpaired) electrons. The van der Waals surface area contributed by atoms with Gasteiger partial charge < -0.3 is 41.1 Å². The fourth-order valence-electron chi connectivity index (χ4n) is 8.67. The van der Waals surface area contributed by atoms with Gasteiger partial charge in [-0.2, -0.15) is 10.1 Å². The largest absolute Gasteiger partial charge is 0.508 e.